The Labute approximate surface area is 136 Å². The molecule has 1 atom stereocenters. The number of nitrogens with two attached hydrogens (primary N) is 1. The van der Waals surface area contributed by atoms with Crippen molar-refractivity contribution in [3.05, 3.63) is 63.4 Å². The van der Waals surface area contributed by atoms with Crippen molar-refractivity contribution in [2.24, 2.45) is 0 Å². The van der Waals surface area contributed by atoms with Crippen molar-refractivity contribution in [3.8, 4) is 0 Å². The van der Waals surface area contributed by atoms with Crippen molar-refractivity contribution in [2.75, 3.05) is 5.73 Å². The van der Waals surface area contributed by atoms with Gasteiger partial charge in [0.15, 0.2) is 0 Å². The average molecular weight is 363 g/mol. The van der Waals surface area contributed by atoms with Crippen LogP contribution in [-0.4, -0.2) is 9.97 Å². The lowest BCUT2D eigenvalue weighted by Crippen LogP contribution is -1.99. The Morgan fingerprint density at radius 3 is 2.90 bits per heavy atom. The van der Waals surface area contributed by atoms with Gasteiger partial charge in [0.1, 0.15) is 12.1 Å². The van der Waals surface area contributed by atoms with Crippen molar-refractivity contribution in [2.45, 2.75) is 12.8 Å². The van der Waals surface area contributed by atoms with E-state index in [-0.39, 0.29) is 5.92 Å². The van der Waals surface area contributed by atoms with E-state index in [0.717, 1.165) is 31.5 Å². The van der Waals surface area contributed by atoms with Crippen LogP contribution in [0, 0.1) is 0 Å². The Morgan fingerprint density at radius 1 is 1.29 bits per heavy atom. The monoisotopic (exact) mass is 361 g/mol. The first-order chi connectivity index (χ1) is 10.1. The van der Waals surface area contributed by atoms with Gasteiger partial charge in [-0.3, -0.25) is 0 Å². The van der Waals surface area contributed by atoms with Crippen LogP contribution in [0.1, 0.15) is 18.4 Å². The molecule has 1 aliphatic carbocycles. The molecule has 3 nitrogen and oxygen atoms in total. The number of anilines is 1. The van der Waals surface area contributed by atoms with Gasteiger partial charge in [0.2, 0.25) is 0 Å². The van der Waals surface area contributed by atoms with Gasteiger partial charge in [0.25, 0.3) is 0 Å². The summed E-state index contributed by atoms with van der Waals surface area (Å²) in [6.07, 6.45) is 9.59. The Hall–Kier alpha value is -1.65. The predicted molar refractivity (Wildman–Crippen MR) is 91.2 cm³/mol. The van der Waals surface area contributed by atoms with Gasteiger partial charge < -0.3 is 5.73 Å². The van der Waals surface area contributed by atoms with Crippen molar-refractivity contribution >= 4 is 44.3 Å². The van der Waals surface area contributed by atoms with E-state index < -0.39 is 0 Å². The fourth-order valence-corrected chi connectivity index (χ4v) is 3.03. The number of nitrogen functional groups attached to an aromatic ring is 1. The summed E-state index contributed by atoms with van der Waals surface area (Å²) in [6.45, 7) is 2.00. The molecule has 2 aromatic rings. The Bertz CT molecular complexity index is 809. The molecule has 0 aliphatic heterocycles. The van der Waals surface area contributed by atoms with Gasteiger partial charge in [0, 0.05) is 20.8 Å². The second-order valence-corrected chi connectivity index (χ2v) is 6.25. The van der Waals surface area contributed by atoms with E-state index in [0.29, 0.717) is 5.82 Å². The van der Waals surface area contributed by atoms with Gasteiger partial charge in [-0.2, -0.15) is 0 Å². The molecule has 21 heavy (non-hydrogen) atoms. The molecule has 1 aromatic carbocycles. The number of nitrogens with zero attached hydrogens (tertiary/aromatic N) is 2. The lowest BCUT2D eigenvalue weighted by atomic mass is 9.94. The van der Waals surface area contributed by atoms with Crippen LogP contribution in [0.4, 0.5) is 5.82 Å². The van der Waals surface area contributed by atoms with Crippen molar-refractivity contribution in [3.63, 3.8) is 0 Å². The molecule has 0 bridgehead atoms. The molecule has 5 heteroatoms. The number of aromatic nitrogens is 2. The standard InChI is InChI=1S/C16H13BrClN3/c1-9-5-10(3-2-4-14(9)18)12-6-11(17)7-13-15(12)20-8-21-16(13)19/h2-8,10H,1H3,(H2,19,20,21). The highest BCUT2D eigenvalue weighted by Gasteiger charge is 2.15. The van der Waals surface area contributed by atoms with E-state index in [1.165, 1.54) is 6.33 Å². The van der Waals surface area contributed by atoms with Gasteiger partial charge in [-0.15, -0.1) is 0 Å². The van der Waals surface area contributed by atoms with Crippen LogP contribution in [0.2, 0.25) is 0 Å². The normalized spacial score (nSPS) is 18.3. The van der Waals surface area contributed by atoms with Gasteiger partial charge in [-0.1, -0.05) is 45.8 Å². The van der Waals surface area contributed by atoms with Crippen LogP contribution in [-0.2, 0) is 0 Å². The first-order valence-electron chi connectivity index (χ1n) is 6.48. The summed E-state index contributed by atoms with van der Waals surface area (Å²) in [5.41, 5.74) is 8.95. The zero-order valence-corrected chi connectivity index (χ0v) is 13.7. The minimum Gasteiger partial charge on any atom is -0.383 e. The van der Waals surface area contributed by atoms with Crippen LogP contribution in [0.25, 0.3) is 10.9 Å². The maximum absolute atomic E-state index is 6.19. The van der Waals surface area contributed by atoms with Crippen molar-refractivity contribution in [1.29, 1.82) is 0 Å². The highest BCUT2D eigenvalue weighted by Crippen LogP contribution is 2.34. The third-order valence-corrected chi connectivity index (χ3v) is 4.37. The van der Waals surface area contributed by atoms with E-state index in [1.807, 2.05) is 25.1 Å². The van der Waals surface area contributed by atoms with Crippen LogP contribution in [0.5, 0.6) is 0 Å². The number of fused-ring (bicyclic) bond motifs is 1. The second-order valence-electron chi connectivity index (χ2n) is 4.93. The predicted octanol–water partition coefficient (Wildman–Crippen LogP) is 4.70. The molecule has 1 aromatic heterocycles. The lowest BCUT2D eigenvalue weighted by molar-refractivity contribution is 1.07. The first kappa shape index (κ1) is 14.3. The molecular weight excluding hydrogens is 350 g/mol. The number of allylic oxidation sites excluding steroid dienone is 6. The van der Waals surface area contributed by atoms with Crippen LogP contribution in [0.3, 0.4) is 0 Å². The minimum absolute atomic E-state index is 0.0896. The van der Waals surface area contributed by atoms with E-state index >= 15 is 0 Å². The summed E-state index contributed by atoms with van der Waals surface area (Å²) in [6, 6.07) is 4.00. The van der Waals surface area contributed by atoms with E-state index in [2.05, 4.69) is 44.1 Å². The fraction of sp³-hybridized carbons (Fsp3) is 0.125. The molecule has 0 spiro atoms. The molecule has 1 heterocycles. The molecule has 0 fully saturated rings. The third kappa shape index (κ3) is 2.74. The van der Waals surface area contributed by atoms with Gasteiger partial charge in [-0.25, -0.2) is 9.97 Å². The molecule has 0 saturated carbocycles. The molecule has 1 unspecified atom stereocenters. The van der Waals surface area contributed by atoms with Gasteiger partial charge in [0.05, 0.1) is 5.52 Å². The largest absolute Gasteiger partial charge is 0.383 e. The quantitative estimate of drug-likeness (QED) is 0.800. The maximum atomic E-state index is 6.19. The zero-order valence-electron chi connectivity index (χ0n) is 11.3. The van der Waals surface area contributed by atoms with Crippen LogP contribution < -0.4 is 5.73 Å². The van der Waals surface area contributed by atoms with Crippen LogP contribution >= 0.6 is 27.5 Å². The van der Waals surface area contributed by atoms with E-state index in [4.69, 9.17) is 17.3 Å². The van der Waals surface area contributed by atoms with E-state index in [1.54, 1.807) is 0 Å². The fourth-order valence-electron chi connectivity index (χ4n) is 2.42. The number of hydrogen-bond acceptors (Lipinski definition) is 3. The Balaban J connectivity index is 2.24. The maximum Gasteiger partial charge on any atom is 0.134 e. The van der Waals surface area contributed by atoms with Gasteiger partial charge >= 0.3 is 0 Å². The lowest BCUT2D eigenvalue weighted by Gasteiger charge is -2.13. The molecule has 0 amide bonds. The summed E-state index contributed by atoms with van der Waals surface area (Å²) in [4.78, 5) is 8.47. The molecule has 3 rings (SSSR count). The van der Waals surface area contributed by atoms with E-state index in [9.17, 15) is 0 Å². The third-order valence-electron chi connectivity index (χ3n) is 3.49. The SMILES string of the molecule is CC1=CC(c2cc(Br)cc3c(N)ncnc23)C=CC=C1Cl. The second kappa shape index (κ2) is 5.62. The molecule has 0 saturated heterocycles. The van der Waals surface area contributed by atoms with Crippen molar-refractivity contribution < 1.29 is 0 Å². The van der Waals surface area contributed by atoms with Crippen molar-refractivity contribution in [1.82, 2.24) is 9.97 Å². The number of rotatable bonds is 1. The smallest absolute Gasteiger partial charge is 0.134 e. The first-order valence-corrected chi connectivity index (χ1v) is 7.66. The topological polar surface area (TPSA) is 51.8 Å². The molecule has 2 N–H and O–H groups in total. The Morgan fingerprint density at radius 2 is 2.10 bits per heavy atom. The molecule has 0 radical (unpaired) electrons. The van der Waals surface area contributed by atoms with Crippen LogP contribution in [0.15, 0.2) is 57.8 Å². The average Bonchev–Trinajstić information content (AvgIpc) is 2.61. The summed E-state index contributed by atoms with van der Waals surface area (Å²) in [5.74, 6) is 0.573. The number of benzene rings is 1. The summed E-state index contributed by atoms with van der Waals surface area (Å²) in [5, 5.41) is 1.60. The molecular formula is C16H13BrClN3. The zero-order chi connectivity index (χ0) is 15.0. The number of hydrogen-bond donors (Lipinski definition) is 1. The minimum atomic E-state index is 0.0896. The highest BCUT2D eigenvalue weighted by atomic mass is 79.9. The number of halogens is 2. The Kier molecular flexibility index (Phi) is 3.83. The summed E-state index contributed by atoms with van der Waals surface area (Å²) >= 11 is 9.72. The summed E-state index contributed by atoms with van der Waals surface area (Å²) < 4.78 is 0.953. The van der Waals surface area contributed by atoms with Gasteiger partial charge in [-0.05, 0) is 36.3 Å². The summed E-state index contributed by atoms with van der Waals surface area (Å²) in [7, 11) is 0. The molecule has 1 aliphatic rings. The highest BCUT2D eigenvalue weighted by molar-refractivity contribution is 9.10. The molecule has 106 valence electrons.